The number of rotatable bonds is 10. The Bertz CT molecular complexity index is 731. The second-order valence-corrected chi connectivity index (χ2v) is 7.97. The largest absolute Gasteiger partial charge is 0.450 e. The summed E-state index contributed by atoms with van der Waals surface area (Å²) in [6, 6.07) is 6.58. The topological polar surface area (TPSA) is 111 Å². The molecule has 2 N–H and O–H groups in total. The lowest BCUT2D eigenvalue weighted by Gasteiger charge is -2.35. The van der Waals surface area contributed by atoms with Gasteiger partial charge in [-0.15, -0.1) is 0 Å². The molecule has 0 spiro atoms. The highest BCUT2D eigenvalue weighted by atomic mass is 31.1. The average molecular weight is 454 g/mol. The van der Waals surface area contributed by atoms with Gasteiger partial charge in [0.1, 0.15) is 0 Å². The molecule has 1 heterocycles. The van der Waals surface area contributed by atoms with Gasteiger partial charge in [-0.1, -0.05) is 16.7 Å². The molecule has 172 valence electrons. The van der Waals surface area contributed by atoms with Crippen LogP contribution in [0, 0.1) is 0 Å². The second-order valence-electron chi connectivity index (χ2n) is 7.10. The van der Waals surface area contributed by atoms with E-state index in [1.807, 2.05) is 26.0 Å². The van der Waals surface area contributed by atoms with Crippen LogP contribution in [0.25, 0.3) is 0 Å². The summed E-state index contributed by atoms with van der Waals surface area (Å²) in [5.41, 5.74) is 6.43. The van der Waals surface area contributed by atoms with Crippen molar-refractivity contribution in [3.05, 3.63) is 35.4 Å². The highest BCUT2D eigenvalue weighted by molar-refractivity contribution is 7.24. The lowest BCUT2D eigenvalue weighted by atomic mass is 10.0. The number of ether oxygens (including phenoxy) is 3. The third-order valence-corrected chi connectivity index (χ3v) is 5.90. The summed E-state index contributed by atoms with van der Waals surface area (Å²) >= 11 is 0. The van der Waals surface area contributed by atoms with E-state index in [0.29, 0.717) is 58.0 Å². The van der Waals surface area contributed by atoms with Crippen molar-refractivity contribution in [2.24, 2.45) is 5.73 Å². The molecule has 0 aromatic heterocycles. The molecule has 31 heavy (non-hydrogen) atoms. The molecule has 2 amide bonds. The van der Waals surface area contributed by atoms with Crippen molar-refractivity contribution in [3.8, 4) is 0 Å². The summed E-state index contributed by atoms with van der Waals surface area (Å²) < 4.78 is 28.1. The number of carbonyl (C=O) groups excluding carboxylic acids is 2. The maximum atomic E-state index is 12.7. The summed E-state index contributed by atoms with van der Waals surface area (Å²) in [6.45, 7) is 8.17. The summed E-state index contributed by atoms with van der Waals surface area (Å²) in [7, 11) is -0.820. The van der Waals surface area contributed by atoms with Crippen molar-refractivity contribution in [2.75, 3.05) is 46.0 Å². The van der Waals surface area contributed by atoms with Crippen molar-refractivity contribution in [1.82, 2.24) is 9.80 Å². The van der Waals surface area contributed by atoms with Gasteiger partial charge >= 0.3 is 20.1 Å². The Kier molecular flexibility index (Phi) is 9.84. The number of nitrogens with zero attached hydrogens (tertiary/aromatic N) is 2. The van der Waals surface area contributed by atoms with E-state index in [9.17, 15) is 14.2 Å². The molecule has 1 aliphatic heterocycles. The molecule has 9 nitrogen and oxygen atoms in total. The standard InChI is InChI=1S/C21H32N3O6P/c1-4-28-20(26)24-13-11-23(12-14-24)19(25)18(22)15-16-7-9-17(10-8-16)21(31-27,29-5-2)30-6-3/h7-10,18H,4-6,11-15,22H2,1-3H3/p+1. The van der Waals surface area contributed by atoms with Crippen LogP contribution < -0.4 is 5.73 Å². The molecule has 10 heteroatoms. The van der Waals surface area contributed by atoms with E-state index in [2.05, 4.69) is 0 Å². The lowest BCUT2D eigenvalue weighted by Crippen LogP contribution is -2.54. The van der Waals surface area contributed by atoms with Gasteiger partial charge in [0.05, 0.1) is 31.4 Å². The summed E-state index contributed by atoms with van der Waals surface area (Å²) in [4.78, 5) is 27.8. The summed E-state index contributed by atoms with van der Waals surface area (Å²) in [5, 5.41) is 0. The minimum atomic E-state index is -1.28. The third-order valence-electron chi connectivity index (χ3n) is 5.05. The van der Waals surface area contributed by atoms with Gasteiger partial charge in [0, 0.05) is 26.2 Å². The fourth-order valence-electron chi connectivity index (χ4n) is 3.49. The van der Waals surface area contributed by atoms with Crippen molar-refractivity contribution >= 4 is 20.5 Å². The first-order valence-electron chi connectivity index (χ1n) is 10.6. The molecule has 1 aliphatic rings. The fourth-order valence-corrected chi connectivity index (χ4v) is 4.18. The Labute approximate surface area is 185 Å². The maximum absolute atomic E-state index is 12.7. The predicted octanol–water partition coefficient (Wildman–Crippen LogP) is 2.06. The molecular formula is C21H33N3O6P+. The zero-order valence-corrected chi connectivity index (χ0v) is 19.5. The summed E-state index contributed by atoms with van der Waals surface area (Å²) in [5.74, 6) is -0.147. The number of piperazine rings is 1. The highest BCUT2D eigenvalue weighted by Gasteiger charge is 2.43. The number of hydrogen-bond donors (Lipinski definition) is 1. The van der Waals surface area contributed by atoms with Gasteiger partial charge < -0.3 is 29.7 Å². The van der Waals surface area contributed by atoms with Crippen LogP contribution in [0.1, 0.15) is 31.9 Å². The number of nitrogens with two attached hydrogens (primary N) is 1. The minimum Gasteiger partial charge on any atom is -0.450 e. The van der Waals surface area contributed by atoms with Gasteiger partial charge in [-0.2, -0.15) is 0 Å². The number of benzene rings is 1. The van der Waals surface area contributed by atoms with Crippen molar-refractivity contribution in [2.45, 2.75) is 38.8 Å². The van der Waals surface area contributed by atoms with Crippen LogP contribution in [0.5, 0.6) is 0 Å². The Morgan fingerprint density at radius 3 is 2.03 bits per heavy atom. The van der Waals surface area contributed by atoms with E-state index >= 15 is 0 Å². The van der Waals surface area contributed by atoms with E-state index in [0.717, 1.165) is 5.56 Å². The van der Waals surface area contributed by atoms with Crippen molar-refractivity contribution in [1.29, 1.82) is 0 Å². The minimum absolute atomic E-state index is 0.147. The Morgan fingerprint density at radius 1 is 1.00 bits per heavy atom. The molecule has 1 saturated heterocycles. The van der Waals surface area contributed by atoms with Crippen molar-refractivity contribution < 1.29 is 28.4 Å². The molecule has 2 atom stereocenters. The average Bonchev–Trinajstić information content (AvgIpc) is 2.79. The van der Waals surface area contributed by atoms with E-state index < -0.39 is 20.0 Å². The van der Waals surface area contributed by atoms with E-state index in [1.54, 1.807) is 28.9 Å². The first kappa shape index (κ1) is 25.2. The van der Waals surface area contributed by atoms with Crippen LogP contribution in [0.2, 0.25) is 0 Å². The highest BCUT2D eigenvalue weighted by Crippen LogP contribution is 2.38. The van der Waals surface area contributed by atoms with Crippen molar-refractivity contribution in [3.63, 3.8) is 0 Å². The maximum Gasteiger partial charge on any atom is 0.409 e. The quantitative estimate of drug-likeness (QED) is 0.425. The molecule has 1 aromatic carbocycles. The number of amides is 2. The molecule has 0 aliphatic carbocycles. The normalized spacial score (nSPS) is 15.7. The third kappa shape index (κ3) is 6.46. The Hall–Kier alpha value is -2.06. The Balaban J connectivity index is 1.96. The van der Waals surface area contributed by atoms with Gasteiger partial charge in [0.25, 0.3) is 0 Å². The fraction of sp³-hybridized carbons (Fsp3) is 0.619. The van der Waals surface area contributed by atoms with Crippen LogP contribution in [-0.2, 0) is 35.5 Å². The monoisotopic (exact) mass is 454 g/mol. The molecule has 1 fully saturated rings. The zero-order chi connectivity index (χ0) is 22.9. The van der Waals surface area contributed by atoms with E-state index in [-0.39, 0.29) is 12.0 Å². The smallest absolute Gasteiger partial charge is 0.409 e. The first-order valence-corrected chi connectivity index (χ1v) is 11.5. The molecule has 0 saturated carbocycles. The van der Waals surface area contributed by atoms with Gasteiger partial charge in [0.15, 0.2) is 0 Å². The predicted molar refractivity (Wildman–Crippen MR) is 117 cm³/mol. The first-order chi connectivity index (χ1) is 14.9. The zero-order valence-electron chi connectivity index (χ0n) is 18.5. The van der Waals surface area contributed by atoms with Crippen LogP contribution in [-0.4, -0.2) is 73.8 Å². The van der Waals surface area contributed by atoms with Crippen LogP contribution in [0.3, 0.4) is 0 Å². The molecule has 0 bridgehead atoms. The SMILES string of the molecule is CCOC(=O)N1CCN(C(=O)C(N)Cc2ccc(C(OCC)(OCC)[PH+]=O)cc2)CC1. The van der Waals surface area contributed by atoms with Crippen LogP contribution in [0.4, 0.5) is 4.79 Å². The molecule has 2 rings (SSSR count). The van der Waals surface area contributed by atoms with Gasteiger partial charge in [-0.3, -0.25) is 4.79 Å². The lowest BCUT2D eigenvalue weighted by molar-refractivity contribution is -0.176. The second kappa shape index (κ2) is 12.1. The van der Waals surface area contributed by atoms with Gasteiger partial charge in [-0.25, -0.2) is 4.79 Å². The van der Waals surface area contributed by atoms with Crippen LogP contribution in [0.15, 0.2) is 24.3 Å². The molecule has 0 radical (unpaired) electrons. The van der Waals surface area contributed by atoms with Gasteiger partial charge in [-0.05, 0) is 44.9 Å². The number of carbonyl (C=O) groups is 2. The molecule has 2 unspecified atom stereocenters. The summed E-state index contributed by atoms with van der Waals surface area (Å²) in [6.07, 6.45) is 0.0144. The van der Waals surface area contributed by atoms with E-state index in [1.165, 1.54) is 0 Å². The Morgan fingerprint density at radius 2 is 1.55 bits per heavy atom. The molecule has 1 aromatic rings. The molecular weight excluding hydrogens is 421 g/mol. The van der Waals surface area contributed by atoms with Crippen LogP contribution >= 0.6 is 8.46 Å². The van der Waals surface area contributed by atoms with Gasteiger partial charge in [0.2, 0.25) is 5.91 Å². The number of hydrogen-bond acceptors (Lipinski definition) is 7. The van der Waals surface area contributed by atoms with E-state index in [4.69, 9.17) is 19.9 Å².